The number of H-pyrrole nitrogens is 2. The Morgan fingerprint density at radius 1 is 1.21 bits per heavy atom. The van der Waals surface area contributed by atoms with Gasteiger partial charge >= 0.3 is 0 Å². The van der Waals surface area contributed by atoms with Crippen LogP contribution in [0.15, 0.2) is 35.3 Å². The second kappa shape index (κ2) is 7.26. The Kier molecular flexibility index (Phi) is 4.59. The summed E-state index contributed by atoms with van der Waals surface area (Å²) in [5.74, 6) is 0.360. The highest BCUT2D eigenvalue weighted by Crippen LogP contribution is 2.43. The molecule has 0 fully saturated rings. The lowest BCUT2D eigenvalue weighted by Crippen LogP contribution is -2.35. The first-order chi connectivity index (χ1) is 15.7. The molecule has 1 aliphatic heterocycles. The van der Waals surface area contributed by atoms with Gasteiger partial charge in [-0.2, -0.15) is 10.1 Å². The number of anilines is 1. The van der Waals surface area contributed by atoms with Crippen molar-refractivity contribution in [3.63, 3.8) is 0 Å². The molecule has 9 heteroatoms. The molecule has 0 spiro atoms. The van der Waals surface area contributed by atoms with Gasteiger partial charge in [0.05, 0.1) is 34.0 Å². The Labute approximate surface area is 190 Å². The first-order valence-electron chi connectivity index (χ1n) is 10.8. The number of benzene rings is 2. The fourth-order valence-electron chi connectivity index (χ4n) is 4.33. The van der Waals surface area contributed by atoms with Crippen LogP contribution in [0, 0.1) is 0 Å². The van der Waals surface area contributed by atoms with E-state index in [1.54, 1.807) is 21.9 Å². The number of imidazole rings is 1. The van der Waals surface area contributed by atoms with E-state index >= 15 is 0 Å². The van der Waals surface area contributed by atoms with Crippen LogP contribution in [0.25, 0.3) is 33.5 Å². The molecule has 0 unspecified atom stereocenters. The number of aromatic amines is 2. The number of aromatic nitrogens is 4. The minimum atomic E-state index is -0.591. The van der Waals surface area contributed by atoms with Crippen molar-refractivity contribution in [3.05, 3.63) is 41.5 Å². The van der Waals surface area contributed by atoms with E-state index in [0.29, 0.717) is 23.6 Å². The molecule has 0 saturated heterocycles. The number of nitrogens with zero attached hydrogens (tertiary/aromatic N) is 5. The maximum Gasteiger partial charge on any atom is 0.278 e. The predicted molar refractivity (Wildman–Crippen MR) is 129 cm³/mol. The number of hydrogen-bond donors (Lipinski definition) is 2. The third-order valence-electron chi connectivity index (χ3n) is 6.10. The van der Waals surface area contributed by atoms with Crippen LogP contribution in [-0.2, 0) is 10.2 Å². The molecule has 0 atom stereocenters. The Morgan fingerprint density at radius 2 is 2.00 bits per heavy atom. The zero-order valence-corrected chi connectivity index (χ0v) is 19.2. The Bertz CT molecular complexity index is 1460. The molecule has 5 rings (SSSR count). The van der Waals surface area contributed by atoms with Gasteiger partial charge in [0, 0.05) is 31.6 Å². The highest BCUT2D eigenvalue weighted by atomic mass is 16.2. The predicted octanol–water partition coefficient (Wildman–Crippen LogP) is 3.48. The summed E-state index contributed by atoms with van der Waals surface area (Å²) in [5, 5.41) is 8.23. The van der Waals surface area contributed by atoms with Crippen LogP contribution in [0.5, 0.6) is 0 Å². The summed E-state index contributed by atoms with van der Waals surface area (Å²) >= 11 is 0. The summed E-state index contributed by atoms with van der Waals surface area (Å²) in [4.78, 5) is 40.9. The summed E-state index contributed by atoms with van der Waals surface area (Å²) < 4.78 is 0. The molecular formula is C24H25N7O2. The molecule has 1 aliphatic rings. The van der Waals surface area contributed by atoms with E-state index in [4.69, 9.17) is 4.98 Å². The van der Waals surface area contributed by atoms with Gasteiger partial charge < -0.3 is 14.8 Å². The zero-order valence-electron chi connectivity index (χ0n) is 19.2. The van der Waals surface area contributed by atoms with Crippen molar-refractivity contribution in [3.8, 4) is 11.5 Å². The molecule has 0 radical (unpaired) electrons. The summed E-state index contributed by atoms with van der Waals surface area (Å²) in [6.07, 6.45) is 1.48. The monoisotopic (exact) mass is 443 g/mol. The van der Waals surface area contributed by atoms with Crippen molar-refractivity contribution in [1.29, 1.82) is 0 Å². The normalized spacial score (nSPS) is 15.2. The molecule has 4 aromatic rings. The van der Waals surface area contributed by atoms with Gasteiger partial charge in [-0.1, -0.05) is 0 Å². The third kappa shape index (κ3) is 3.19. The van der Waals surface area contributed by atoms with Crippen LogP contribution < -0.4 is 4.90 Å². The number of amides is 2. The van der Waals surface area contributed by atoms with Crippen LogP contribution in [-0.4, -0.2) is 63.9 Å². The van der Waals surface area contributed by atoms with Crippen molar-refractivity contribution < 1.29 is 9.59 Å². The standard InChI is InChI=1S/C24H25N7O2/c1-6-31-19-11-18-17(10-15(19)24(2,3)23(31)33)26-21(27-18)20-14-9-13(7-8-16(14)28-29-20)22(32)25-12-30(4)5/h7-12H,6H2,1-5H3,(H,26,27)(H,28,29). The number of carbonyl (C=O) groups excluding carboxylic acids is 2. The van der Waals surface area contributed by atoms with Crippen molar-refractivity contribution in [1.82, 2.24) is 25.1 Å². The Morgan fingerprint density at radius 3 is 2.73 bits per heavy atom. The first kappa shape index (κ1) is 20.9. The fraction of sp³-hybridized carbons (Fsp3) is 0.292. The van der Waals surface area contributed by atoms with E-state index in [1.807, 2.05) is 53.1 Å². The van der Waals surface area contributed by atoms with E-state index < -0.39 is 5.41 Å². The van der Waals surface area contributed by atoms with Gasteiger partial charge in [0.25, 0.3) is 5.91 Å². The summed E-state index contributed by atoms with van der Waals surface area (Å²) in [6, 6.07) is 9.28. The smallest absolute Gasteiger partial charge is 0.278 e. The molecule has 2 amide bonds. The minimum absolute atomic E-state index is 0.0975. The van der Waals surface area contributed by atoms with Crippen LogP contribution in [0.4, 0.5) is 5.69 Å². The molecule has 2 N–H and O–H groups in total. The average molecular weight is 444 g/mol. The number of rotatable bonds is 4. The quantitative estimate of drug-likeness (QED) is 0.371. The molecule has 9 nitrogen and oxygen atoms in total. The lowest BCUT2D eigenvalue weighted by molar-refractivity contribution is -0.122. The zero-order chi connectivity index (χ0) is 23.5. The van der Waals surface area contributed by atoms with Crippen LogP contribution in [0.1, 0.15) is 36.7 Å². The van der Waals surface area contributed by atoms with E-state index in [1.165, 1.54) is 6.34 Å². The number of likely N-dealkylation sites (N-methyl/N-ethyl adjacent to an activating group) is 1. The number of carbonyl (C=O) groups is 2. The Balaban J connectivity index is 1.60. The maximum atomic E-state index is 12.8. The van der Waals surface area contributed by atoms with Gasteiger partial charge in [-0.15, -0.1) is 0 Å². The van der Waals surface area contributed by atoms with Gasteiger partial charge in [-0.25, -0.2) is 4.98 Å². The van der Waals surface area contributed by atoms with E-state index in [2.05, 4.69) is 20.2 Å². The van der Waals surface area contributed by atoms with Gasteiger partial charge in [-0.3, -0.25) is 14.7 Å². The highest BCUT2D eigenvalue weighted by Gasteiger charge is 2.43. The van der Waals surface area contributed by atoms with E-state index in [-0.39, 0.29) is 11.8 Å². The topological polar surface area (TPSA) is 110 Å². The Hall–Kier alpha value is -4.01. The molecule has 0 saturated carbocycles. The molecule has 2 aromatic heterocycles. The minimum Gasteiger partial charge on any atom is -0.369 e. The van der Waals surface area contributed by atoms with Crippen molar-refractivity contribution >= 4 is 45.8 Å². The third-order valence-corrected chi connectivity index (χ3v) is 6.10. The number of hydrogen-bond acceptors (Lipinski definition) is 4. The van der Waals surface area contributed by atoms with Gasteiger partial charge in [-0.05, 0) is 56.7 Å². The van der Waals surface area contributed by atoms with Crippen molar-refractivity contribution in [2.45, 2.75) is 26.2 Å². The molecule has 3 heterocycles. The van der Waals surface area contributed by atoms with Crippen LogP contribution in [0.2, 0.25) is 0 Å². The molecular weight excluding hydrogens is 418 g/mol. The van der Waals surface area contributed by atoms with Gasteiger partial charge in [0.1, 0.15) is 5.69 Å². The molecule has 33 heavy (non-hydrogen) atoms. The second-order valence-corrected chi connectivity index (χ2v) is 8.99. The first-order valence-corrected chi connectivity index (χ1v) is 10.8. The highest BCUT2D eigenvalue weighted by molar-refractivity contribution is 6.09. The molecule has 2 aromatic carbocycles. The van der Waals surface area contributed by atoms with Crippen LogP contribution in [0.3, 0.4) is 0 Å². The maximum absolute atomic E-state index is 12.8. The molecule has 0 bridgehead atoms. The summed E-state index contributed by atoms with van der Waals surface area (Å²) in [6.45, 7) is 6.48. The van der Waals surface area contributed by atoms with E-state index in [0.717, 1.165) is 33.2 Å². The molecule has 168 valence electrons. The lowest BCUT2D eigenvalue weighted by Gasteiger charge is -2.18. The second-order valence-electron chi connectivity index (χ2n) is 8.99. The van der Waals surface area contributed by atoms with Crippen molar-refractivity contribution in [2.24, 2.45) is 4.99 Å². The SMILES string of the molecule is CCN1C(=O)C(C)(C)c2cc3[nH]c(-c4n[nH]c5ccc(C(=O)N=CN(C)C)cc45)nc3cc21. The van der Waals surface area contributed by atoms with Crippen molar-refractivity contribution in [2.75, 3.05) is 25.5 Å². The lowest BCUT2D eigenvalue weighted by atomic mass is 9.86. The average Bonchev–Trinajstić information content (AvgIpc) is 3.43. The van der Waals surface area contributed by atoms with E-state index in [9.17, 15) is 9.59 Å². The number of nitrogens with one attached hydrogen (secondary N) is 2. The molecule has 0 aliphatic carbocycles. The summed E-state index contributed by atoms with van der Waals surface area (Å²) in [5.41, 5.74) is 4.77. The number of aliphatic imine (C=N–C) groups is 1. The summed E-state index contributed by atoms with van der Waals surface area (Å²) in [7, 11) is 3.62. The fourth-order valence-corrected chi connectivity index (χ4v) is 4.33. The number of fused-ring (bicyclic) bond motifs is 3. The van der Waals surface area contributed by atoms with Crippen LogP contribution >= 0.6 is 0 Å². The van der Waals surface area contributed by atoms with Gasteiger partial charge in [0.2, 0.25) is 5.91 Å². The largest absolute Gasteiger partial charge is 0.369 e. The van der Waals surface area contributed by atoms with Gasteiger partial charge in [0.15, 0.2) is 5.82 Å².